The first kappa shape index (κ1) is 10.2. The molecule has 1 aliphatic rings. The highest BCUT2D eigenvalue weighted by atomic mass is 15.2. The average molecular weight is 206 g/mol. The van der Waals surface area contributed by atoms with Crippen molar-refractivity contribution >= 4 is 11.8 Å². The molecular formula is C11H18N4. The summed E-state index contributed by atoms with van der Waals surface area (Å²) in [5, 5.41) is 0. The molecule has 1 aromatic rings. The molecule has 82 valence electrons. The van der Waals surface area contributed by atoms with E-state index in [0.717, 1.165) is 18.9 Å². The van der Waals surface area contributed by atoms with Crippen LogP contribution in [0.5, 0.6) is 0 Å². The van der Waals surface area contributed by atoms with Crippen molar-refractivity contribution in [3.63, 3.8) is 0 Å². The van der Waals surface area contributed by atoms with Gasteiger partial charge < -0.3 is 10.6 Å². The molecule has 0 unspecified atom stereocenters. The van der Waals surface area contributed by atoms with Crippen LogP contribution < -0.4 is 10.6 Å². The van der Waals surface area contributed by atoms with Gasteiger partial charge in [0.2, 0.25) is 5.95 Å². The summed E-state index contributed by atoms with van der Waals surface area (Å²) in [6.07, 6.45) is 4.13. The van der Waals surface area contributed by atoms with E-state index in [1.54, 1.807) is 6.20 Å². The fraction of sp³-hybridized carbons (Fsp3) is 0.636. The molecule has 2 N–H and O–H groups in total. The molecule has 0 radical (unpaired) electrons. The fourth-order valence-corrected chi connectivity index (χ4v) is 1.88. The van der Waals surface area contributed by atoms with E-state index in [9.17, 15) is 0 Å². The van der Waals surface area contributed by atoms with E-state index in [2.05, 4.69) is 28.7 Å². The van der Waals surface area contributed by atoms with Crippen molar-refractivity contribution in [1.82, 2.24) is 9.97 Å². The lowest BCUT2D eigenvalue weighted by atomic mass is 9.83. The largest absolute Gasteiger partial charge is 0.368 e. The standard InChI is InChI=1S/C11H18N4/c1-11(2)4-7-15(8-5-11)9-3-6-13-10(12)14-9/h3,6H,4-5,7-8H2,1-2H3,(H2,12,13,14). The molecule has 1 saturated heterocycles. The minimum atomic E-state index is 0.359. The van der Waals surface area contributed by atoms with Gasteiger partial charge in [0.15, 0.2) is 0 Å². The zero-order chi connectivity index (χ0) is 10.9. The van der Waals surface area contributed by atoms with Crippen LogP contribution in [0.3, 0.4) is 0 Å². The number of nitrogens with zero attached hydrogens (tertiary/aromatic N) is 3. The summed E-state index contributed by atoms with van der Waals surface area (Å²) in [6.45, 7) is 6.75. The first-order valence-electron chi connectivity index (χ1n) is 5.40. The zero-order valence-electron chi connectivity index (χ0n) is 9.40. The monoisotopic (exact) mass is 206 g/mol. The molecule has 0 spiro atoms. The number of hydrogen-bond acceptors (Lipinski definition) is 4. The van der Waals surface area contributed by atoms with Crippen LogP contribution in [0.2, 0.25) is 0 Å². The van der Waals surface area contributed by atoms with Gasteiger partial charge in [0, 0.05) is 19.3 Å². The number of nitrogens with two attached hydrogens (primary N) is 1. The lowest BCUT2D eigenvalue weighted by molar-refractivity contribution is 0.279. The van der Waals surface area contributed by atoms with Crippen molar-refractivity contribution in [3.05, 3.63) is 12.3 Å². The van der Waals surface area contributed by atoms with Gasteiger partial charge >= 0.3 is 0 Å². The highest BCUT2D eigenvalue weighted by molar-refractivity contribution is 5.41. The third-order valence-corrected chi connectivity index (χ3v) is 3.10. The van der Waals surface area contributed by atoms with E-state index in [1.165, 1.54) is 12.8 Å². The highest BCUT2D eigenvalue weighted by Crippen LogP contribution is 2.31. The summed E-state index contributed by atoms with van der Waals surface area (Å²) in [4.78, 5) is 10.4. The van der Waals surface area contributed by atoms with E-state index in [1.807, 2.05) is 6.07 Å². The van der Waals surface area contributed by atoms with Crippen molar-refractivity contribution in [1.29, 1.82) is 0 Å². The number of nitrogen functional groups attached to an aromatic ring is 1. The molecule has 15 heavy (non-hydrogen) atoms. The molecule has 0 atom stereocenters. The first-order chi connectivity index (χ1) is 7.07. The summed E-state index contributed by atoms with van der Waals surface area (Å²) < 4.78 is 0. The molecule has 0 amide bonds. The molecule has 4 nitrogen and oxygen atoms in total. The predicted octanol–water partition coefficient (Wildman–Crippen LogP) is 1.69. The van der Waals surface area contributed by atoms with Gasteiger partial charge in [-0.25, -0.2) is 4.98 Å². The second kappa shape index (κ2) is 3.68. The zero-order valence-corrected chi connectivity index (χ0v) is 9.40. The second-order valence-electron chi connectivity index (χ2n) is 4.92. The lowest BCUT2D eigenvalue weighted by Crippen LogP contribution is -2.37. The van der Waals surface area contributed by atoms with Crippen LogP contribution in [0, 0.1) is 5.41 Å². The number of hydrogen-bond donors (Lipinski definition) is 1. The van der Waals surface area contributed by atoms with Crippen LogP contribution in [0.4, 0.5) is 11.8 Å². The number of piperidine rings is 1. The summed E-state index contributed by atoms with van der Waals surface area (Å²) in [6, 6.07) is 1.93. The third-order valence-electron chi connectivity index (χ3n) is 3.10. The SMILES string of the molecule is CC1(C)CCN(c2ccnc(N)n2)CC1. The third kappa shape index (κ3) is 2.37. The van der Waals surface area contributed by atoms with E-state index in [4.69, 9.17) is 5.73 Å². The van der Waals surface area contributed by atoms with Crippen molar-refractivity contribution in [2.75, 3.05) is 23.7 Å². The van der Waals surface area contributed by atoms with Crippen LogP contribution in [-0.4, -0.2) is 23.1 Å². The number of anilines is 2. The average Bonchev–Trinajstić information content (AvgIpc) is 2.17. The van der Waals surface area contributed by atoms with Gasteiger partial charge in [-0.1, -0.05) is 13.8 Å². The molecule has 0 aliphatic carbocycles. The van der Waals surface area contributed by atoms with Gasteiger partial charge in [0.1, 0.15) is 5.82 Å². The summed E-state index contributed by atoms with van der Waals surface area (Å²) in [5.74, 6) is 1.32. The quantitative estimate of drug-likeness (QED) is 0.759. The smallest absolute Gasteiger partial charge is 0.221 e. The Bertz CT molecular complexity index is 338. The maximum atomic E-state index is 5.57. The Morgan fingerprint density at radius 3 is 2.60 bits per heavy atom. The van der Waals surface area contributed by atoms with Crippen LogP contribution in [0.25, 0.3) is 0 Å². The van der Waals surface area contributed by atoms with E-state index >= 15 is 0 Å². The molecular weight excluding hydrogens is 188 g/mol. The van der Waals surface area contributed by atoms with E-state index in [0.29, 0.717) is 11.4 Å². The van der Waals surface area contributed by atoms with Gasteiger partial charge in [-0.15, -0.1) is 0 Å². The molecule has 1 aromatic heterocycles. The Balaban J connectivity index is 2.08. The van der Waals surface area contributed by atoms with Gasteiger partial charge in [-0.05, 0) is 24.3 Å². The van der Waals surface area contributed by atoms with E-state index < -0.39 is 0 Å². The molecule has 2 rings (SSSR count). The van der Waals surface area contributed by atoms with Crippen molar-refractivity contribution < 1.29 is 0 Å². The Morgan fingerprint density at radius 1 is 1.33 bits per heavy atom. The van der Waals surface area contributed by atoms with Crippen molar-refractivity contribution in [2.45, 2.75) is 26.7 Å². The molecule has 2 heterocycles. The molecule has 1 aliphatic heterocycles. The molecule has 0 saturated carbocycles. The number of aromatic nitrogens is 2. The predicted molar refractivity (Wildman–Crippen MR) is 61.7 cm³/mol. The van der Waals surface area contributed by atoms with Gasteiger partial charge in [-0.3, -0.25) is 0 Å². The summed E-state index contributed by atoms with van der Waals surface area (Å²) in [5.41, 5.74) is 6.04. The van der Waals surface area contributed by atoms with Crippen LogP contribution >= 0.6 is 0 Å². The minimum Gasteiger partial charge on any atom is -0.368 e. The topological polar surface area (TPSA) is 55.0 Å². The summed E-state index contributed by atoms with van der Waals surface area (Å²) in [7, 11) is 0. The van der Waals surface area contributed by atoms with Crippen molar-refractivity contribution in [3.8, 4) is 0 Å². The van der Waals surface area contributed by atoms with Crippen LogP contribution in [0.15, 0.2) is 12.3 Å². The fourth-order valence-electron chi connectivity index (χ4n) is 1.88. The minimum absolute atomic E-state index is 0.359. The number of rotatable bonds is 1. The first-order valence-corrected chi connectivity index (χ1v) is 5.40. The Hall–Kier alpha value is -1.32. The molecule has 0 bridgehead atoms. The lowest BCUT2D eigenvalue weighted by Gasteiger charge is -2.37. The summed E-state index contributed by atoms with van der Waals surface area (Å²) >= 11 is 0. The Labute approximate surface area is 90.5 Å². The second-order valence-corrected chi connectivity index (χ2v) is 4.92. The van der Waals surface area contributed by atoms with Gasteiger partial charge in [0.05, 0.1) is 0 Å². The van der Waals surface area contributed by atoms with Gasteiger partial charge in [-0.2, -0.15) is 4.98 Å². The molecule has 4 heteroatoms. The highest BCUT2D eigenvalue weighted by Gasteiger charge is 2.25. The Morgan fingerprint density at radius 2 is 2.00 bits per heavy atom. The van der Waals surface area contributed by atoms with Crippen LogP contribution in [0.1, 0.15) is 26.7 Å². The van der Waals surface area contributed by atoms with E-state index in [-0.39, 0.29) is 0 Å². The maximum absolute atomic E-state index is 5.57. The Kier molecular flexibility index (Phi) is 2.50. The normalized spacial score (nSPS) is 20.3. The molecule has 1 fully saturated rings. The van der Waals surface area contributed by atoms with Crippen molar-refractivity contribution in [2.24, 2.45) is 5.41 Å². The maximum Gasteiger partial charge on any atom is 0.221 e. The van der Waals surface area contributed by atoms with Crippen LogP contribution in [-0.2, 0) is 0 Å². The molecule has 0 aromatic carbocycles. The van der Waals surface area contributed by atoms with Gasteiger partial charge in [0.25, 0.3) is 0 Å².